The van der Waals surface area contributed by atoms with Crippen LogP contribution < -0.4 is 0 Å². The Morgan fingerprint density at radius 3 is 2.67 bits per heavy atom. The monoisotopic (exact) mass is 169 g/mol. The second-order valence-corrected chi connectivity index (χ2v) is 3.08. The van der Waals surface area contributed by atoms with E-state index in [1.807, 2.05) is 4.90 Å². The SMILES string of the molecule is C=COCC1CCN(C=O)CC1. The number of carbonyl (C=O) groups is 1. The van der Waals surface area contributed by atoms with Gasteiger partial charge in [-0.2, -0.15) is 0 Å². The van der Waals surface area contributed by atoms with E-state index in [1.54, 1.807) is 0 Å². The summed E-state index contributed by atoms with van der Waals surface area (Å²) in [5.41, 5.74) is 0. The molecule has 1 saturated heterocycles. The maximum Gasteiger partial charge on any atom is 0.209 e. The van der Waals surface area contributed by atoms with Crippen LogP contribution in [0.25, 0.3) is 0 Å². The van der Waals surface area contributed by atoms with Crippen molar-refractivity contribution in [3.05, 3.63) is 12.8 Å². The largest absolute Gasteiger partial charge is 0.502 e. The molecule has 68 valence electrons. The Morgan fingerprint density at radius 2 is 2.17 bits per heavy atom. The van der Waals surface area contributed by atoms with E-state index < -0.39 is 0 Å². The maximum atomic E-state index is 10.4. The van der Waals surface area contributed by atoms with E-state index in [1.165, 1.54) is 6.26 Å². The molecular weight excluding hydrogens is 154 g/mol. The highest BCUT2D eigenvalue weighted by Crippen LogP contribution is 2.15. The van der Waals surface area contributed by atoms with Gasteiger partial charge in [0, 0.05) is 13.1 Å². The number of nitrogens with zero attached hydrogens (tertiary/aromatic N) is 1. The molecule has 0 aliphatic carbocycles. The van der Waals surface area contributed by atoms with Gasteiger partial charge in [-0.15, -0.1) is 0 Å². The average Bonchev–Trinajstić information content (AvgIpc) is 2.15. The molecule has 0 radical (unpaired) electrons. The molecule has 1 fully saturated rings. The Balaban J connectivity index is 2.16. The van der Waals surface area contributed by atoms with Crippen molar-refractivity contribution in [3.63, 3.8) is 0 Å². The van der Waals surface area contributed by atoms with Crippen LogP contribution in [0.5, 0.6) is 0 Å². The molecule has 0 bridgehead atoms. The van der Waals surface area contributed by atoms with Crippen LogP contribution in [0.1, 0.15) is 12.8 Å². The second kappa shape index (κ2) is 4.80. The number of ether oxygens (including phenoxy) is 1. The minimum absolute atomic E-state index is 0.596. The lowest BCUT2D eigenvalue weighted by Gasteiger charge is -2.28. The van der Waals surface area contributed by atoms with Gasteiger partial charge in [0.15, 0.2) is 0 Å². The highest BCUT2D eigenvalue weighted by molar-refractivity contribution is 5.47. The van der Waals surface area contributed by atoms with E-state index in [-0.39, 0.29) is 0 Å². The van der Waals surface area contributed by atoms with Crippen molar-refractivity contribution in [2.45, 2.75) is 12.8 Å². The lowest BCUT2D eigenvalue weighted by Crippen LogP contribution is -2.33. The first kappa shape index (κ1) is 9.10. The quantitative estimate of drug-likeness (QED) is 0.464. The summed E-state index contributed by atoms with van der Waals surface area (Å²) in [6.07, 6.45) is 4.50. The van der Waals surface area contributed by atoms with Crippen molar-refractivity contribution < 1.29 is 9.53 Å². The van der Waals surface area contributed by atoms with Gasteiger partial charge in [-0.05, 0) is 18.8 Å². The smallest absolute Gasteiger partial charge is 0.209 e. The third-order valence-corrected chi connectivity index (χ3v) is 2.25. The fraction of sp³-hybridized carbons (Fsp3) is 0.667. The minimum atomic E-state index is 0.596. The lowest BCUT2D eigenvalue weighted by molar-refractivity contribution is -0.119. The van der Waals surface area contributed by atoms with Gasteiger partial charge < -0.3 is 9.64 Å². The normalized spacial score (nSPS) is 18.8. The van der Waals surface area contributed by atoms with Gasteiger partial charge in [-0.3, -0.25) is 4.79 Å². The summed E-state index contributed by atoms with van der Waals surface area (Å²) in [5, 5.41) is 0. The molecule has 3 heteroatoms. The van der Waals surface area contributed by atoms with Gasteiger partial charge >= 0.3 is 0 Å². The fourth-order valence-electron chi connectivity index (χ4n) is 1.43. The van der Waals surface area contributed by atoms with Crippen LogP contribution in [-0.4, -0.2) is 31.0 Å². The number of piperidine rings is 1. The van der Waals surface area contributed by atoms with Crippen molar-refractivity contribution in [1.29, 1.82) is 0 Å². The topological polar surface area (TPSA) is 29.5 Å². The molecule has 0 saturated carbocycles. The zero-order valence-electron chi connectivity index (χ0n) is 7.24. The number of carbonyl (C=O) groups excluding carboxylic acids is 1. The van der Waals surface area contributed by atoms with Crippen molar-refractivity contribution in [2.24, 2.45) is 5.92 Å². The van der Waals surface area contributed by atoms with Crippen LogP contribution in [0.4, 0.5) is 0 Å². The molecule has 0 unspecified atom stereocenters. The van der Waals surface area contributed by atoms with E-state index in [9.17, 15) is 4.79 Å². The van der Waals surface area contributed by atoms with Crippen LogP contribution in [0.2, 0.25) is 0 Å². The molecule has 0 aromatic heterocycles. The summed E-state index contributed by atoms with van der Waals surface area (Å²) < 4.78 is 5.10. The number of hydrogen-bond acceptors (Lipinski definition) is 2. The highest BCUT2D eigenvalue weighted by atomic mass is 16.5. The highest BCUT2D eigenvalue weighted by Gasteiger charge is 2.17. The van der Waals surface area contributed by atoms with E-state index >= 15 is 0 Å². The van der Waals surface area contributed by atoms with Crippen LogP contribution >= 0.6 is 0 Å². The molecular formula is C9H15NO2. The Morgan fingerprint density at radius 1 is 1.50 bits per heavy atom. The molecule has 0 aromatic rings. The summed E-state index contributed by atoms with van der Waals surface area (Å²) in [6, 6.07) is 0. The van der Waals surface area contributed by atoms with Crippen LogP contribution in [0.3, 0.4) is 0 Å². The van der Waals surface area contributed by atoms with Crippen LogP contribution in [-0.2, 0) is 9.53 Å². The first-order chi connectivity index (χ1) is 5.86. The number of likely N-dealkylation sites (tertiary alicyclic amines) is 1. The molecule has 0 atom stereocenters. The summed E-state index contributed by atoms with van der Waals surface area (Å²) >= 11 is 0. The van der Waals surface area contributed by atoms with Crippen LogP contribution in [0.15, 0.2) is 12.8 Å². The molecule has 1 amide bonds. The summed E-state index contributed by atoms with van der Waals surface area (Å²) in [5.74, 6) is 0.596. The Bertz CT molecular complexity index is 151. The number of hydrogen-bond donors (Lipinski definition) is 0. The van der Waals surface area contributed by atoms with E-state index in [0.29, 0.717) is 5.92 Å². The van der Waals surface area contributed by atoms with Gasteiger partial charge in [0.05, 0.1) is 12.9 Å². The zero-order chi connectivity index (χ0) is 8.81. The molecule has 0 N–H and O–H groups in total. The van der Waals surface area contributed by atoms with Gasteiger partial charge in [0.2, 0.25) is 6.41 Å². The maximum absolute atomic E-state index is 10.4. The van der Waals surface area contributed by atoms with Gasteiger partial charge in [-0.1, -0.05) is 6.58 Å². The first-order valence-electron chi connectivity index (χ1n) is 4.28. The molecule has 1 rings (SSSR count). The van der Waals surface area contributed by atoms with Crippen molar-refractivity contribution in [1.82, 2.24) is 4.90 Å². The Labute approximate surface area is 73.0 Å². The third kappa shape index (κ3) is 2.57. The Kier molecular flexibility index (Phi) is 3.64. The van der Waals surface area contributed by atoms with Crippen LogP contribution in [0, 0.1) is 5.92 Å². The molecule has 0 spiro atoms. The summed E-state index contributed by atoms with van der Waals surface area (Å²) in [7, 11) is 0. The lowest BCUT2D eigenvalue weighted by atomic mass is 9.98. The molecule has 1 heterocycles. The van der Waals surface area contributed by atoms with Crippen molar-refractivity contribution >= 4 is 6.41 Å². The molecule has 1 aliphatic rings. The standard InChI is InChI=1S/C9H15NO2/c1-2-12-7-9-3-5-10(8-11)6-4-9/h2,8-9H,1,3-7H2. The fourth-order valence-corrected chi connectivity index (χ4v) is 1.43. The molecule has 3 nitrogen and oxygen atoms in total. The van der Waals surface area contributed by atoms with Crippen molar-refractivity contribution in [3.8, 4) is 0 Å². The van der Waals surface area contributed by atoms with E-state index in [2.05, 4.69) is 6.58 Å². The van der Waals surface area contributed by atoms with E-state index in [0.717, 1.165) is 38.9 Å². The third-order valence-electron chi connectivity index (χ3n) is 2.25. The Hall–Kier alpha value is -0.990. The number of rotatable bonds is 4. The van der Waals surface area contributed by atoms with E-state index in [4.69, 9.17) is 4.74 Å². The second-order valence-electron chi connectivity index (χ2n) is 3.08. The predicted molar refractivity (Wildman–Crippen MR) is 46.5 cm³/mol. The number of amides is 1. The average molecular weight is 169 g/mol. The molecule has 1 aliphatic heterocycles. The predicted octanol–water partition coefficient (Wildman–Crippen LogP) is 1.01. The zero-order valence-corrected chi connectivity index (χ0v) is 7.24. The molecule has 12 heavy (non-hydrogen) atoms. The molecule has 0 aromatic carbocycles. The summed E-state index contributed by atoms with van der Waals surface area (Å²) in [4.78, 5) is 12.2. The summed E-state index contributed by atoms with van der Waals surface area (Å²) in [6.45, 7) is 5.97. The minimum Gasteiger partial charge on any atom is -0.502 e. The first-order valence-corrected chi connectivity index (χ1v) is 4.28. The van der Waals surface area contributed by atoms with Gasteiger partial charge in [0.25, 0.3) is 0 Å². The van der Waals surface area contributed by atoms with Gasteiger partial charge in [-0.25, -0.2) is 0 Å². The van der Waals surface area contributed by atoms with Gasteiger partial charge in [0.1, 0.15) is 0 Å². The van der Waals surface area contributed by atoms with Crippen molar-refractivity contribution in [2.75, 3.05) is 19.7 Å².